The largest absolute Gasteiger partial charge is 0.351 e. The van der Waals surface area contributed by atoms with Gasteiger partial charge in [-0.25, -0.2) is 0 Å². The first-order valence-corrected chi connectivity index (χ1v) is 5.85. The summed E-state index contributed by atoms with van der Waals surface area (Å²) < 4.78 is 2.94. The van der Waals surface area contributed by atoms with E-state index in [-0.39, 0.29) is 0 Å². The highest BCUT2D eigenvalue weighted by molar-refractivity contribution is 9.11. The lowest BCUT2D eigenvalue weighted by Gasteiger charge is -2.06. The molecule has 1 aromatic rings. The molecule has 0 spiro atoms. The van der Waals surface area contributed by atoms with Crippen molar-refractivity contribution in [2.45, 2.75) is 0 Å². The van der Waals surface area contributed by atoms with Gasteiger partial charge in [-0.1, -0.05) is 28.1 Å². The molecule has 0 unspecified atom stereocenters. The van der Waals surface area contributed by atoms with Gasteiger partial charge in [-0.05, 0) is 44.0 Å². The first-order chi connectivity index (χ1) is 5.65. The summed E-state index contributed by atoms with van der Waals surface area (Å²) in [6.07, 6.45) is 0. The average molecular weight is 374 g/mol. The zero-order valence-corrected chi connectivity index (χ0v) is 11.3. The first kappa shape index (κ1) is 10.6. The van der Waals surface area contributed by atoms with Gasteiger partial charge in [-0.3, -0.25) is 0 Å². The number of benzene rings is 1. The second-order valence-corrected chi connectivity index (χ2v) is 4.87. The Bertz CT molecular complexity index is 291. The number of thiocarbonyl (C=S) groups is 1. The minimum atomic E-state index is 0.938. The van der Waals surface area contributed by atoms with Gasteiger partial charge in [-0.15, -0.1) is 0 Å². The summed E-state index contributed by atoms with van der Waals surface area (Å²) >= 11 is 14.9. The van der Waals surface area contributed by atoms with Crippen molar-refractivity contribution >= 4 is 71.2 Å². The second kappa shape index (κ2) is 4.69. The molecule has 1 nitrogen and oxygen atoms in total. The maximum Gasteiger partial charge on any atom is 0.0675 e. The third-order valence-corrected chi connectivity index (χ3v) is 3.04. The molecule has 0 bridgehead atoms. The topological polar surface area (TPSA) is 12.0 Å². The average Bonchev–Trinajstić information content (AvgIpc) is 1.96. The molecule has 0 atom stereocenters. The van der Waals surface area contributed by atoms with Crippen molar-refractivity contribution in [3.8, 4) is 0 Å². The third-order valence-electron chi connectivity index (χ3n) is 1.21. The van der Waals surface area contributed by atoms with Gasteiger partial charge in [0.05, 0.1) is 11.2 Å². The Balaban J connectivity index is 3.18. The van der Waals surface area contributed by atoms with Gasteiger partial charge >= 0.3 is 0 Å². The fourth-order valence-electron chi connectivity index (χ4n) is 0.739. The Morgan fingerprint density at radius 2 is 1.67 bits per heavy atom. The lowest BCUT2D eigenvalue weighted by Crippen LogP contribution is -1.94. The predicted octanol–water partition coefficient (Wildman–Crippen LogP) is 4.34. The highest BCUT2D eigenvalue weighted by Crippen LogP contribution is 2.33. The van der Waals surface area contributed by atoms with E-state index in [1.807, 2.05) is 12.1 Å². The predicted molar refractivity (Wildman–Crippen MR) is 66.8 cm³/mol. The Hall–Kier alpha value is 0.550. The van der Waals surface area contributed by atoms with Crippen molar-refractivity contribution in [2.24, 2.45) is 0 Å². The van der Waals surface area contributed by atoms with Crippen molar-refractivity contribution in [3.63, 3.8) is 0 Å². The Labute approximate surface area is 101 Å². The van der Waals surface area contributed by atoms with Crippen LogP contribution >= 0.6 is 60.0 Å². The molecule has 0 fully saturated rings. The fourth-order valence-corrected chi connectivity index (χ4v) is 3.34. The molecule has 0 saturated carbocycles. The molecule has 5 heteroatoms. The monoisotopic (exact) mass is 371 g/mol. The standard InChI is InChI=1S/C7H4Br3NS/c8-4-1-5(9)7(11-3-12)6(10)2-4/h1-3H,(H,11,12). The molecule has 1 N–H and O–H groups in total. The van der Waals surface area contributed by atoms with Gasteiger partial charge in [-0.2, -0.15) is 0 Å². The van der Waals surface area contributed by atoms with Gasteiger partial charge < -0.3 is 5.32 Å². The zero-order valence-electron chi connectivity index (χ0n) is 5.77. The third kappa shape index (κ3) is 2.52. The highest BCUT2D eigenvalue weighted by atomic mass is 79.9. The van der Waals surface area contributed by atoms with Gasteiger partial charge in [0.2, 0.25) is 0 Å². The molecular weight excluding hydrogens is 370 g/mol. The van der Waals surface area contributed by atoms with Crippen LogP contribution in [-0.2, 0) is 0 Å². The summed E-state index contributed by atoms with van der Waals surface area (Å²) in [7, 11) is 0. The van der Waals surface area contributed by atoms with E-state index in [9.17, 15) is 0 Å². The Morgan fingerprint density at radius 3 is 2.08 bits per heavy atom. The van der Waals surface area contributed by atoms with Crippen LogP contribution in [-0.4, -0.2) is 5.49 Å². The van der Waals surface area contributed by atoms with Crippen LogP contribution in [0.5, 0.6) is 0 Å². The number of anilines is 1. The Morgan fingerprint density at radius 1 is 1.17 bits per heavy atom. The van der Waals surface area contributed by atoms with Gasteiger partial charge in [0.15, 0.2) is 0 Å². The van der Waals surface area contributed by atoms with Gasteiger partial charge in [0, 0.05) is 13.4 Å². The van der Waals surface area contributed by atoms with E-state index < -0.39 is 0 Å². The van der Waals surface area contributed by atoms with Crippen LogP contribution in [0.4, 0.5) is 5.69 Å². The number of rotatable bonds is 2. The maximum atomic E-state index is 4.70. The molecule has 0 aliphatic rings. The second-order valence-electron chi connectivity index (χ2n) is 2.01. The number of hydrogen-bond donors (Lipinski definition) is 1. The summed E-state index contributed by atoms with van der Waals surface area (Å²) in [5, 5.41) is 2.95. The number of nitrogens with one attached hydrogen (secondary N) is 1. The number of hydrogen-bond acceptors (Lipinski definition) is 1. The molecule has 0 saturated heterocycles. The summed E-state index contributed by atoms with van der Waals surface area (Å²) in [5.74, 6) is 0. The minimum absolute atomic E-state index is 0.938. The van der Waals surface area contributed by atoms with Gasteiger partial charge in [0.1, 0.15) is 0 Å². The van der Waals surface area contributed by atoms with Crippen molar-refractivity contribution in [3.05, 3.63) is 25.6 Å². The van der Waals surface area contributed by atoms with Crippen molar-refractivity contribution < 1.29 is 0 Å². The molecule has 0 aromatic heterocycles. The fraction of sp³-hybridized carbons (Fsp3) is 0. The lowest BCUT2D eigenvalue weighted by molar-refractivity contribution is 1.54. The molecule has 12 heavy (non-hydrogen) atoms. The van der Waals surface area contributed by atoms with Crippen LogP contribution in [0.1, 0.15) is 0 Å². The summed E-state index contributed by atoms with van der Waals surface area (Å²) in [5.41, 5.74) is 2.41. The van der Waals surface area contributed by atoms with E-state index in [0.29, 0.717) is 0 Å². The molecule has 0 radical (unpaired) electrons. The van der Waals surface area contributed by atoms with Crippen molar-refractivity contribution in [2.75, 3.05) is 5.32 Å². The number of halogens is 3. The van der Waals surface area contributed by atoms with E-state index in [2.05, 4.69) is 53.1 Å². The molecular formula is C7H4Br3NS. The van der Waals surface area contributed by atoms with Crippen LogP contribution < -0.4 is 5.32 Å². The highest BCUT2D eigenvalue weighted by Gasteiger charge is 2.04. The SMILES string of the molecule is S=CNc1c(Br)cc(Br)cc1Br. The molecule has 1 rings (SSSR count). The summed E-state index contributed by atoms with van der Waals surface area (Å²) in [6, 6.07) is 3.90. The van der Waals surface area contributed by atoms with E-state index in [0.717, 1.165) is 19.1 Å². The van der Waals surface area contributed by atoms with Crippen LogP contribution in [0.25, 0.3) is 0 Å². The zero-order chi connectivity index (χ0) is 9.14. The van der Waals surface area contributed by atoms with Crippen molar-refractivity contribution in [1.82, 2.24) is 0 Å². The molecule has 0 aliphatic carbocycles. The maximum absolute atomic E-state index is 4.70. The summed E-state index contributed by atoms with van der Waals surface area (Å²) in [4.78, 5) is 0. The first-order valence-electron chi connectivity index (χ1n) is 3.00. The van der Waals surface area contributed by atoms with E-state index in [1.165, 1.54) is 5.49 Å². The van der Waals surface area contributed by atoms with Crippen LogP contribution in [0.2, 0.25) is 0 Å². The smallest absolute Gasteiger partial charge is 0.0675 e. The molecule has 0 heterocycles. The van der Waals surface area contributed by atoms with E-state index in [1.54, 1.807) is 0 Å². The van der Waals surface area contributed by atoms with Crippen LogP contribution in [0, 0.1) is 0 Å². The molecule has 0 aliphatic heterocycles. The molecule has 64 valence electrons. The Kier molecular flexibility index (Phi) is 4.16. The lowest BCUT2D eigenvalue weighted by atomic mass is 10.3. The summed E-state index contributed by atoms with van der Waals surface area (Å²) in [6.45, 7) is 0. The van der Waals surface area contributed by atoms with Gasteiger partial charge in [0.25, 0.3) is 0 Å². The minimum Gasteiger partial charge on any atom is -0.351 e. The molecule has 1 aromatic carbocycles. The quantitative estimate of drug-likeness (QED) is 0.774. The van der Waals surface area contributed by atoms with E-state index in [4.69, 9.17) is 12.2 Å². The van der Waals surface area contributed by atoms with Crippen LogP contribution in [0.3, 0.4) is 0 Å². The normalized spacial score (nSPS) is 9.58. The van der Waals surface area contributed by atoms with Crippen molar-refractivity contribution in [1.29, 1.82) is 0 Å². The van der Waals surface area contributed by atoms with Crippen LogP contribution in [0.15, 0.2) is 25.6 Å². The molecule has 0 amide bonds. The van der Waals surface area contributed by atoms with E-state index >= 15 is 0 Å².